The minimum Gasteiger partial charge on any atom is -0.370 e. The number of piperidine rings is 1. The summed E-state index contributed by atoms with van der Waals surface area (Å²) in [5.41, 5.74) is 2.56. The Labute approximate surface area is 115 Å². The molecule has 0 bridgehead atoms. The minimum absolute atomic E-state index is 0.498. The highest BCUT2D eigenvalue weighted by Gasteiger charge is 2.17. The summed E-state index contributed by atoms with van der Waals surface area (Å²) < 4.78 is 0. The van der Waals surface area contributed by atoms with Crippen molar-refractivity contribution in [3.63, 3.8) is 0 Å². The number of para-hydroxylation sites is 1. The molecule has 2 nitrogen and oxygen atoms in total. The number of nitrogens with one attached hydrogen (secondary N) is 1. The molecule has 1 aromatic carbocycles. The topological polar surface area (TPSA) is 15.3 Å². The normalized spacial score (nSPS) is 16.3. The van der Waals surface area contributed by atoms with Crippen LogP contribution in [0.15, 0.2) is 18.2 Å². The van der Waals surface area contributed by atoms with Crippen molar-refractivity contribution in [2.45, 2.75) is 45.7 Å². The van der Waals surface area contributed by atoms with Gasteiger partial charge in [0.15, 0.2) is 0 Å². The fourth-order valence-corrected chi connectivity index (χ4v) is 2.80. The molecule has 3 heteroatoms. The third kappa shape index (κ3) is 3.39. The summed E-state index contributed by atoms with van der Waals surface area (Å²) in [6, 6.07) is 6.74. The van der Waals surface area contributed by atoms with Crippen LogP contribution >= 0.6 is 11.6 Å². The Morgan fingerprint density at radius 2 is 1.94 bits per heavy atom. The van der Waals surface area contributed by atoms with Gasteiger partial charge in [-0.1, -0.05) is 37.6 Å². The van der Waals surface area contributed by atoms with E-state index in [2.05, 4.69) is 30.1 Å². The lowest BCUT2D eigenvalue weighted by molar-refractivity contribution is 0.566. The van der Waals surface area contributed by atoms with E-state index in [9.17, 15) is 0 Å². The van der Waals surface area contributed by atoms with Crippen molar-refractivity contribution in [3.05, 3.63) is 28.8 Å². The van der Waals surface area contributed by atoms with Gasteiger partial charge in [-0.25, -0.2) is 0 Å². The summed E-state index contributed by atoms with van der Waals surface area (Å²) in [5.74, 6) is 0. The molecule has 0 saturated carbocycles. The summed E-state index contributed by atoms with van der Waals surface area (Å²) in [7, 11) is 0. The molecule has 0 radical (unpaired) electrons. The Kier molecular flexibility index (Phi) is 4.90. The number of anilines is 1. The van der Waals surface area contributed by atoms with Gasteiger partial charge in [0.25, 0.3) is 0 Å². The lowest BCUT2D eigenvalue weighted by Crippen LogP contribution is -2.31. The van der Waals surface area contributed by atoms with Crippen LogP contribution in [0.4, 0.5) is 5.69 Å². The Bertz CT molecular complexity index is 384. The van der Waals surface area contributed by atoms with Crippen LogP contribution in [-0.4, -0.2) is 19.1 Å². The predicted molar refractivity (Wildman–Crippen MR) is 79.5 cm³/mol. The van der Waals surface area contributed by atoms with Crippen LogP contribution in [0.3, 0.4) is 0 Å². The van der Waals surface area contributed by atoms with Crippen LogP contribution in [0.25, 0.3) is 0 Å². The molecular weight excluding hydrogens is 244 g/mol. The molecule has 1 N–H and O–H groups in total. The second-order valence-corrected chi connectivity index (χ2v) is 5.74. The summed E-state index contributed by atoms with van der Waals surface area (Å²) in [6.45, 7) is 7.51. The monoisotopic (exact) mass is 266 g/mol. The molecule has 1 heterocycles. The van der Waals surface area contributed by atoms with Crippen molar-refractivity contribution >= 4 is 17.3 Å². The highest BCUT2D eigenvalue weighted by molar-refractivity contribution is 6.33. The second-order valence-electron chi connectivity index (χ2n) is 5.33. The number of hydrogen-bond donors (Lipinski definition) is 1. The molecule has 18 heavy (non-hydrogen) atoms. The van der Waals surface area contributed by atoms with E-state index in [1.165, 1.54) is 30.5 Å². The van der Waals surface area contributed by atoms with Gasteiger partial charge in [0.2, 0.25) is 0 Å². The van der Waals surface area contributed by atoms with Crippen molar-refractivity contribution in [2.24, 2.45) is 0 Å². The van der Waals surface area contributed by atoms with E-state index in [0.29, 0.717) is 6.04 Å². The SMILES string of the molecule is CC(C)NCc1cccc(Cl)c1N1CCCCC1. The first kappa shape index (κ1) is 13.7. The average Bonchev–Trinajstić information content (AvgIpc) is 2.37. The highest BCUT2D eigenvalue weighted by atomic mass is 35.5. The number of hydrogen-bond acceptors (Lipinski definition) is 2. The van der Waals surface area contributed by atoms with Crippen LogP contribution in [0.5, 0.6) is 0 Å². The standard InChI is InChI=1S/C15H23ClN2/c1-12(2)17-11-13-7-6-8-14(16)15(13)18-9-4-3-5-10-18/h6-8,12,17H,3-5,9-11H2,1-2H3. The van der Waals surface area contributed by atoms with Gasteiger partial charge in [-0.15, -0.1) is 0 Å². The second kappa shape index (κ2) is 6.44. The molecule has 0 amide bonds. The van der Waals surface area contributed by atoms with Gasteiger partial charge in [0, 0.05) is 25.7 Å². The Morgan fingerprint density at radius 1 is 1.22 bits per heavy atom. The van der Waals surface area contributed by atoms with Gasteiger partial charge in [0.1, 0.15) is 0 Å². The number of halogens is 1. The van der Waals surface area contributed by atoms with Crippen molar-refractivity contribution in [1.82, 2.24) is 5.32 Å². The zero-order valence-corrected chi connectivity index (χ0v) is 12.1. The largest absolute Gasteiger partial charge is 0.370 e. The van der Waals surface area contributed by atoms with Crippen LogP contribution in [-0.2, 0) is 6.54 Å². The third-order valence-electron chi connectivity index (χ3n) is 3.44. The Hall–Kier alpha value is -0.730. The van der Waals surface area contributed by atoms with Crippen molar-refractivity contribution < 1.29 is 0 Å². The van der Waals surface area contributed by atoms with Crippen LogP contribution in [0.2, 0.25) is 5.02 Å². The predicted octanol–water partition coefficient (Wildman–Crippen LogP) is 3.83. The molecule has 1 aromatic rings. The molecule has 2 rings (SSSR count). The van der Waals surface area contributed by atoms with Gasteiger partial charge in [-0.05, 0) is 30.9 Å². The first-order chi connectivity index (χ1) is 8.68. The molecule has 0 aromatic heterocycles. The molecule has 1 aliphatic rings. The Morgan fingerprint density at radius 3 is 2.61 bits per heavy atom. The van der Waals surface area contributed by atoms with Crippen LogP contribution < -0.4 is 10.2 Å². The van der Waals surface area contributed by atoms with E-state index in [0.717, 1.165) is 24.7 Å². The summed E-state index contributed by atoms with van der Waals surface area (Å²) in [5, 5.41) is 4.37. The van der Waals surface area contributed by atoms with Gasteiger partial charge >= 0.3 is 0 Å². The first-order valence-electron chi connectivity index (χ1n) is 6.94. The van der Waals surface area contributed by atoms with E-state index in [1.807, 2.05) is 12.1 Å². The van der Waals surface area contributed by atoms with Crippen LogP contribution in [0.1, 0.15) is 38.7 Å². The van der Waals surface area contributed by atoms with Crippen LogP contribution in [0, 0.1) is 0 Å². The lowest BCUT2D eigenvalue weighted by atomic mass is 10.1. The molecule has 0 aliphatic carbocycles. The average molecular weight is 267 g/mol. The summed E-state index contributed by atoms with van der Waals surface area (Å²) >= 11 is 6.41. The number of rotatable bonds is 4. The molecule has 0 spiro atoms. The third-order valence-corrected chi connectivity index (χ3v) is 3.75. The maximum atomic E-state index is 6.41. The molecular formula is C15H23ClN2. The van der Waals surface area contributed by atoms with Gasteiger partial charge in [-0.3, -0.25) is 0 Å². The first-order valence-corrected chi connectivity index (χ1v) is 7.32. The van der Waals surface area contributed by atoms with E-state index in [1.54, 1.807) is 0 Å². The fourth-order valence-electron chi connectivity index (χ4n) is 2.49. The lowest BCUT2D eigenvalue weighted by Gasteiger charge is -2.31. The molecule has 0 unspecified atom stereocenters. The number of nitrogens with zero attached hydrogens (tertiary/aromatic N) is 1. The molecule has 100 valence electrons. The van der Waals surface area contributed by atoms with E-state index in [-0.39, 0.29) is 0 Å². The maximum absolute atomic E-state index is 6.41. The van der Waals surface area contributed by atoms with Crippen molar-refractivity contribution in [3.8, 4) is 0 Å². The van der Waals surface area contributed by atoms with E-state index >= 15 is 0 Å². The van der Waals surface area contributed by atoms with Crippen molar-refractivity contribution in [2.75, 3.05) is 18.0 Å². The quantitative estimate of drug-likeness (QED) is 0.891. The van der Waals surface area contributed by atoms with E-state index < -0.39 is 0 Å². The summed E-state index contributed by atoms with van der Waals surface area (Å²) in [6.07, 6.45) is 3.91. The highest BCUT2D eigenvalue weighted by Crippen LogP contribution is 2.32. The van der Waals surface area contributed by atoms with Gasteiger partial charge < -0.3 is 10.2 Å². The molecule has 0 atom stereocenters. The molecule has 1 saturated heterocycles. The summed E-state index contributed by atoms with van der Waals surface area (Å²) in [4.78, 5) is 2.45. The Balaban J connectivity index is 2.19. The minimum atomic E-state index is 0.498. The maximum Gasteiger partial charge on any atom is 0.0642 e. The molecule has 1 fully saturated rings. The fraction of sp³-hybridized carbons (Fsp3) is 0.600. The van der Waals surface area contributed by atoms with Crippen molar-refractivity contribution in [1.29, 1.82) is 0 Å². The van der Waals surface area contributed by atoms with Gasteiger partial charge in [0.05, 0.1) is 10.7 Å². The van der Waals surface area contributed by atoms with Gasteiger partial charge in [-0.2, -0.15) is 0 Å². The molecule has 1 aliphatic heterocycles. The smallest absolute Gasteiger partial charge is 0.0642 e. The zero-order valence-electron chi connectivity index (χ0n) is 11.4. The van der Waals surface area contributed by atoms with E-state index in [4.69, 9.17) is 11.6 Å². The zero-order chi connectivity index (χ0) is 13.0. The number of benzene rings is 1.